The molecule has 2 fully saturated rings. The average molecular weight is 435 g/mol. The first-order chi connectivity index (χ1) is 13.9. The third-order valence-corrected chi connectivity index (χ3v) is 8.50. The Hall–Kier alpha value is -1.94. The van der Waals surface area contributed by atoms with Gasteiger partial charge in [-0.25, -0.2) is 8.42 Å². The number of anilines is 2. The lowest BCUT2D eigenvalue weighted by molar-refractivity contribution is 0.102. The molecule has 0 spiro atoms. The Kier molecular flexibility index (Phi) is 5.91. The summed E-state index contributed by atoms with van der Waals surface area (Å²) in [5.74, 6) is -0.384. The van der Waals surface area contributed by atoms with Gasteiger partial charge in [0.15, 0.2) is 0 Å². The predicted octanol–water partition coefficient (Wildman–Crippen LogP) is 2.54. The fourth-order valence-corrected chi connectivity index (χ4v) is 6.55. The molecule has 2 aliphatic rings. The number of benzene rings is 1. The molecule has 0 saturated carbocycles. The molecule has 2 aliphatic heterocycles. The summed E-state index contributed by atoms with van der Waals surface area (Å²) in [6.45, 7) is 5.07. The van der Waals surface area contributed by atoms with Crippen LogP contribution >= 0.6 is 11.3 Å². The zero-order chi connectivity index (χ0) is 20.4. The van der Waals surface area contributed by atoms with Crippen molar-refractivity contribution in [1.29, 1.82) is 0 Å². The number of carbonyl (C=O) groups is 1. The van der Waals surface area contributed by atoms with Crippen molar-refractivity contribution in [2.45, 2.75) is 17.7 Å². The number of rotatable bonds is 5. The molecule has 1 aromatic carbocycles. The normalized spacial score (nSPS) is 18.9. The lowest BCUT2D eigenvalue weighted by Gasteiger charge is -2.34. The molecule has 0 atom stereocenters. The quantitative estimate of drug-likeness (QED) is 0.783. The molecule has 2 aromatic rings. The van der Waals surface area contributed by atoms with Crippen molar-refractivity contribution < 1.29 is 13.2 Å². The van der Waals surface area contributed by atoms with Crippen molar-refractivity contribution in [2.75, 3.05) is 56.5 Å². The number of likely N-dealkylation sites (N-methyl/N-ethyl adjacent to an activating group) is 1. The topological polar surface area (TPSA) is 73.0 Å². The van der Waals surface area contributed by atoms with Crippen molar-refractivity contribution in [3.8, 4) is 0 Å². The number of nitrogens with zero attached hydrogens (tertiary/aromatic N) is 3. The van der Waals surface area contributed by atoms with E-state index in [1.165, 1.54) is 10.4 Å². The second-order valence-corrected chi connectivity index (χ2v) is 10.3. The van der Waals surface area contributed by atoms with Gasteiger partial charge in [0.05, 0.1) is 0 Å². The highest BCUT2D eigenvalue weighted by Gasteiger charge is 2.31. The van der Waals surface area contributed by atoms with Crippen molar-refractivity contribution >= 4 is 38.6 Å². The summed E-state index contributed by atoms with van der Waals surface area (Å²) in [5.41, 5.74) is 1.79. The Balaban J connectivity index is 1.46. The number of nitrogens with one attached hydrogen (secondary N) is 1. The van der Waals surface area contributed by atoms with Crippen LogP contribution in [0.2, 0.25) is 0 Å². The van der Waals surface area contributed by atoms with Gasteiger partial charge in [-0.3, -0.25) is 4.79 Å². The second kappa shape index (κ2) is 8.43. The highest BCUT2D eigenvalue weighted by atomic mass is 32.2. The highest BCUT2D eigenvalue weighted by molar-refractivity contribution is 7.89. The van der Waals surface area contributed by atoms with E-state index in [0.717, 1.165) is 56.0 Å². The van der Waals surface area contributed by atoms with Gasteiger partial charge in [0.1, 0.15) is 9.77 Å². The van der Waals surface area contributed by atoms with Crippen LogP contribution in [0, 0.1) is 0 Å². The molecule has 1 aromatic heterocycles. The van der Waals surface area contributed by atoms with E-state index in [1.807, 2.05) is 24.3 Å². The summed E-state index contributed by atoms with van der Waals surface area (Å²) < 4.78 is 27.2. The maximum Gasteiger partial charge on any atom is 0.267 e. The van der Waals surface area contributed by atoms with E-state index >= 15 is 0 Å². The van der Waals surface area contributed by atoms with Crippen molar-refractivity contribution in [3.05, 3.63) is 40.6 Å². The van der Waals surface area contributed by atoms with Crippen molar-refractivity contribution in [2.24, 2.45) is 0 Å². The lowest BCUT2D eigenvalue weighted by atomic mass is 10.2. The molecule has 0 radical (unpaired) electrons. The summed E-state index contributed by atoms with van der Waals surface area (Å²) in [7, 11) is -1.49. The van der Waals surface area contributed by atoms with Crippen LogP contribution in [0.25, 0.3) is 0 Å². The van der Waals surface area contributed by atoms with Gasteiger partial charge in [0.2, 0.25) is 10.0 Å². The monoisotopic (exact) mass is 434 g/mol. The van der Waals surface area contributed by atoms with Crippen LogP contribution in [0.4, 0.5) is 11.4 Å². The first kappa shape index (κ1) is 20.3. The Morgan fingerprint density at radius 2 is 1.62 bits per heavy atom. The van der Waals surface area contributed by atoms with E-state index < -0.39 is 10.0 Å². The number of sulfonamides is 1. The smallest absolute Gasteiger partial charge is 0.267 e. The summed E-state index contributed by atoms with van der Waals surface area (Å²) in [6, 6.07) is 9.26. The van der Waals surface area contributed by atoms with Gasteiger partial charge >= 0.3 is 0 Å². The summed E-state index contributed by atoms with van der Waals surface area (Å²) in [4.78, 5) is 17.8. The molecule has 29 heavy (non-hydrogen) atoms. The molecule has 3 heterocycles. The van der Waals surface area contributed by atoms with Crippen molar-refractivity contribution in [1.82, 2.24) is 9.21 Å². The molecule has 0 bridgehead atoms. The second-order valence-electron chi connectivity index (χ2n) is 7.52. The molecule has 4 rings (SSSR count). The Morgan fingerprint density at radius 1 is 0.966 bits per heavy atom. The fourth-order valence-electron chi connectivity index (χ4n) is 3.74. The lowest BCUT2D eigenvalue weighted by Crippen LogP contribution is -2.44. The minimum atomic E-state index is -3.62. The molecule has 1 N–H and O–H groups in total. The number of hydrogen-bond acceptors (Lipinski definition) is 6. The number of carbonyl (C=O) groups excluding carboxylic acids is 1. The molecule has 7 nitrogen and oxygen atoms in total. The standard InChI is InChI=1S/C20H26N4O3S2/c1-22-11-13-23(14-12-22)17-6-4-16(5-7-17)21-20(25)19-18(8-15-28-19)29(26,27)24-9-2-3-10-24/h4-8,15H,2-3,9-14H2,1H3,(H,21,25). The maximum atomic E-state index is 12.9. The molecule has 1 amide bonds. The minimum Gasteiger partial charge on any atom is -0.369 e. The Morgan fingerprint density at radius 3 is 2.28 bits per heavy atom. The number of piperazine rings is 1. The molecule has 156 valence electrons. The molecule has 0 unspecified atom stereocenters. The van der Waals surface area contributed by atoms with Gasteiger partial charge in [0.25, 0.3) is 5.91 Å². The largest absolute Gasteiger partial charge is 0.369 e. The zero-order valence-corrected chi connectivity index (χ0v) is 18.1. The van der Waals surface area contributed by atoms with Crippen LogP contribution in [-0.4, -0.2) is 69.8 Å². The van der Waals surface area contributed by atoms with Crippen LogP contribution in [0.3, 0.4) is 0 Å². The van der Waals surface area contributed by atoms with Gasteiger partial charge in [-0.1, -0.05) is 0 Å². The van der Waals surface area contributed by atoms with Gasteiger partial charge in [0, 0.05) is 50.6 Å². The molecular formula is C20H26N4O3S2. The molecule has 9 heteroatoms. The summed E-state index contributed by atoms with van der Waals surface area (Å²) in [5, 5.41) is 4.51. The Bertz CT molecular complexity index is 958. The third kappa shape index (κ3) is 4.32. The van der Waals surface area contributed by atoms with Crippen LogP contribution in [0.15, 0.2) is 40.6 Å². The first-order valence-electron chi connectivity index (χ1n) is 9.88. The highest BCUT2D eigenvalue weighted by Crippen LogP contribution is 2.28. The number of hydrogen-bond donors (Lipinski definition) is 1. The van der Waals surface area contributed by atoms with Crippen LogP contribution < -0.4 is 10.2 Å². The first-order valence-corrected chi connectivity index (χ1v) is 12.2. The van der Waals surface area contributed by atoms with E-state index in [0.29, 0.717) is 18.8 Å². The third-order valence-electron chi connectivity index (χ3n) is 5.51. The molecule has 2 saturated heterocycles. The summed E-state index contributed by atoms with van der Waals surface area (Å²) >= 11 is 1.16. The van der Waals surface area contributed by atoms with Gasteiger partial charge < -0.3 is 15.1 Å². The molecule has 0 aliphatic carbocycles. The van der Waals surface area contributed by atoms with Gasteiger partial charge in [-0.05, 0) is 55.6 Å². The van der Waals surface area contributed by atoms with E-state index in [-0.39, 0.29) is 15.7 Å². The van der Waals surface area contributed by atoms with E-state index in [4.69, 9.17) is 0 Å². The zero-order valence-electron chi connectivity index (χ0n) is 16.5. The summed E-state index contributed by atoms with van der Waals surface area (Å²) in [6.07, 6.45) is 1.73. The van der Waals surface area contributed by atoms with Gasteiger partial charge in [-0.2, -0.15) is 4.31 Å². The minimum absolute atomic E-state index is 0.107. The predicted molar refractivity (Wildman–Crippen MR) is 116 cm³/mol. The van der Waals surface area contributed by atoms with Crippen LogP contribution in [-0.2, 0) is 10.0 Å². The van der Waals surface area contributed by atoms with E-state index in [1.54, 1.807) is 5.38 Å². The number of amides is 1. The van der Waals surface area contributed by atoms with Crippen molar-refractivity contribution in [3.63, 3.8) is 0 Å². The fraction of sp³-hybridized carbons (Fsp3) is 0.450. The van der Waals surface area contributed by atoms with Crippen LogP contribution in [0.1, 0.15) is 22.5 Å². The van der Waals surface area contributed by atoms with E-state index in [2.05, 4.69) is 22.2 Å². The SMILES string of the molecule is CN1CCN(c2ccc(NC(=O)c3sccc3S(=O)(=O)N3CCCC3)cc2)CC1. The molecular weight excluding hydrogens is 408 g/mol. The van der Waals surface area contributed by atoms with Crippen LogP contribution in [0.5, 0.6) is 0 Å². The average Bonchev–Trinajstić information content (AvgIpc) is 3.42. The maximum absolute atomic E-state index is 12.9. The number of thiophene rings is 1. The van der Waals surface area contributed by atoms with Gasteiger partial charge in [-0.15, -0.1) is 11.3 Å². The van der Waals surface area contributed by atoms with E-state index in [9.17, 15) is 13.2 Å². The Labute approximate surface area is 176 Å².